The first kappa shape index (κ1) is 14.2. The second kappa shape index (κ2) is 5.93. The van der Waals surface area contributed by atoms with Crippen molar-refractivity contribution >= 4 is 0 Å². The molecule has 22 heavy (non-hydrogen) atoms. The van der Waals surface area contributed by atoms with Gasteiger partial charge >= 0.3 is 0 Å². The van der Waals surface area contributed by atoms with Gasteiger partial charge in [-0.15, -0.1) is 0 Å². The third-order valence-electron chi connectivity index (χ3n) is 3.43. The maximum atomic E-state index is 6.04. The van der Waals surface area contributed by atoms with E-state index in [4.69, 9.17) is 4.74 Å². The van der Waals surface area contributed by atoms with Crippen molar-refractivity contribution in [1.29, 1.82) is 0 Å². The van der Waals surface area contributed by atoms with Gasteiger partial charge in [0.15, 0.2) is 5.75 Å². The Hall–Kier alpha value is -2.75. The third kappa shape index (κ3) is 2.96. The van der Waals surface area contributed by atoms with Crippen LogP contribution in [0, 0.1) is 20.8 Å². The van der Waals surface area contributed by atoms with Crippen molar-refractivity contribution in [2.45, 2.75) is 20.8 Å². The average Bonchev–Trinajstić information content (AvgIpc) is 2.51. The zero-order valence-electron chi connectivity index (χ0n) is 12.9. The standard InChI is InChI=1S/C18H17N3O/c1-12-10-17(22-15-7-9-19-13(2)11-15)18(21-14(12)3)16-6-4-5-8-20-16/h4-11H,1-3H3. The summed E-state index contributed by atoms with van der Waals surface area (Å²) in [5, 5.41) is 0. The molecular weight excluding hydrogens is 274 g/mol. The minimum absolute atomic E-state index is 0.701. The molecule has 0 radical (unpaired) electrons. The largest absolute Gasteiger partial charge is 0.455 e. The molecule has 0 bridgehead atoms. The van der Waals surface area contributed by atoms with Crippen LogP contribution in [0.5, 0.6) is 11.5 Å². The van der Waals surface area contributed by atoms with Gasteiger partial charge in [0, 0.05) is 29.8 Å². The van der Waals surface area contributed by atoms with Gasteiger partial charge in [0.1, 0.15) is 11.4 Å². The van der Waals surface area contributed by atoms with E-state index >= 15 is 0 Å². The maximum Gasteiger partial charge on any atom is 0.155 e. The number of aromatic nitrogens is 3. The Morgan fingerprint density at radius 1 is 0.909 bits per heavy atom. The molecule has 0 atom stereocenters. The molecule has 3 aromatic rings. The summed E-state index contributed by atoms with van der Waals surface area (Å²) in [6.45, 7) is 5.95. The predicted molar refractivity (Wildman–Crippen MR) is 86.0 cm³/mol. The van der Waals surface area contributed by atoms with Crippen LogP contribution in [0.1, 0.15) is 17.0 Å². The highest BCUT2D eigenvalue weighted by molar-refractivity contribution is 5.64. The highest BCUT2D eigenvalue weighted by Gasteiger charge is 2.13. The van der Waals surface area contributed by atoms with E-state index in [2.05, 4.69) is 15.0 Å². The lowest BCUT2D eigenvalue weighted by atomic mass is 10.1. The quantitative estimate of drug-likeness (QED) is 0.723. The molecule has 0 saturated heterocycles. The highest BCUT2D eigenvalue weighted by atomic mass is 16.5. The summed E-state index contributed by atoms with van der Waals surface area (Å²) in [6.07, 6.45) is 3.49. The molecule has 4 nitrogen and oxygen atoms in total. The van der Waals surface area contributed by atoms with E-state index in [0.717, 1.165) is 34.1 Å². The van der Waals surface area contributed by atoms with Crippen LogP contribution in [0.3, 0.4) is 0 Å². The summed E-state index contributed by atoms with van der Waals surface area (Å²) in [7, 11) is 0. The predicted octanol–water partition coefficient (Wildman–Crippen LogP) is 4.26. The number of ether oxygens (including phenoxy) is 1. The topological polar surface area (TPSA) is 47.9 Å². The lowest BCUT2D eigenvalue weighted by Crippen LogP contribution is -1.97. The molecular formula is C18H17N3O. The van der Waals surface area contributed by atoms with E-state index < -0.39 is 0 Å². The van der Waals surface area contributed by atoms with Crippen molar-refractivity contribution in [1.82, 2.24) is 15.0 Å². The van der Waals surface area contributed by atoms with Gasteiger partial charge in [0.2, 0.25) is 0 Å². The summed E-state index contributed by atoms with van der Waals surface area (Å²) < 4.78 is 6.04. The van der Waals surface area contributed by atoms with Gasteiger partial charge in [0.25, 0.3) is 0 Å². The van der Waals surface area contributed by atoms with Crippen LogP contribution >= 0.6 is 0 Å². The Morgan fingerprint density at radius 2 is 1.77 bits per heavy atom. The van der Waals surface area contributed by atoms with Crippen LogP contribution in [0.2, 0.25) is 0 Å². The summed E-state index contributed by atoms with van der Waals surface area (Å²) in [6, 6.07) is 11.5. The third-order valence-corrected chi connectivity index (χ3v) is 3.43. The van der Waals surface area contributed by atoms with Crippen LogP contribution in [0.15, 0.2) is 48.8 Å². The van der Waals surface area contributed by atoms with Crippen molar-refractivity contribution in [2.24, 2.45) is 0 Å². The van der Waals surface area contributed by atoms with Crippen molar-refractivity contribution in [3.63, 3.8) is 0 Å². The smallest absolute Gasteiger partial charge is 0.155 e. The van der Waals surface area contributed by atoms with Gasteiger partial charge in [0.05, 0.1) is 5.69 Å². The molecule has 0 aliphatic heterocycles. The molecule has 0 fully saturated rings. The molecule has 0 N–H and O–H groups in total. The van der Waals surface area contributed by atoms with E-state index in [1.165, 1.54) is 0 Å². The molecule has 0 unspecified atom stereocenters. The van der Waals surface area contributed by atoms with Gasteiger partial charge in [-0.3, -0.25) is 9.97 Å². The number of pyridine rings is 3. The molecule has 0 saturated carbocycles. The van der Waals surface area contributed by atoms with Gasteiger partial charge in [-0.2, -0.15) is 0 Å². The van der Waals surface area contributed by atoms with Crippen LogP contribution in [0.4, 0.5) is 0 Å². The van der Waals surface area contributed by atoms with Gasteiger partial charge in [-0.05, 0) is 50.6 Å². The molecule has 0 amide bonds. The first-order valence-corrected chi connectivity index (χ1v) is 7.13. The Balaban J connectivity index is 2.08. The van der Waals surface area contributed by atoms with E-state index in [0.29, 0.717) is 5.75 Å². The number of hydrogen-bond acceptors (Lipinski definition) is 4. The molecule has 0 spiro atoms. The second-order valence-corrected chi connectivity index (χ2v) is 5.19. The summed E-state index contributed by atoms with van der Waals surface area (Å²) >= 11 is 0. The molecule has 3 heterocycles. The lowest BCUT2D eigenvalue weighted by molar-refractivity contribution is 0.480. The second-order valence-electron chi connectivity index (χ2n) is 5.19. The Morgan fingerprint density at radius 3 is 2.50 bits per heavy atom. The van der Waals surface area contributed by atoms with E-state index in [-0.39, 0.29) is 0 Å². The van der Waals surface area contributed by atoms with Crippen molar-refractivity contribution in [3.05, 3.63) is 65.7 Å². The fourth-order valence-corrected chi connectivity index (χ4v) is 2.15. The van der Waals surface area contributed by atoms with Gasteiger partial charge in [-0.25, -0.2) is 4.98 Å². The number of hydrogen-bond donors (Lipinski definition) is 0. The van der Waals surface area contributed by atoms with E-state index in [1.54, 1.807) is 12.4 Å². The molecule has 3 rings (SSSR count). The minimum atomic E-state index is 0.701. The van der Waals surface area contributed by atoms with Gasteiger partial charge in [-0.1, -0.05) is 6.07 Å². The molecule has 4 heteroatoms. The zero-order chi connectivity index (χ0) is 15.5. The lowest BCUT2D eigenvalue weighted by Gasteiger charge is -2.13. The summed E-state index contributed by atoms with van der Waals surface area (Å²) in [5.74, 6) is 1.45. The Bertz CT molecular complexity index is 801. The minimum Gasteiger partial charge on any atom is -0.455 e. The molecule has 0 aliphatic rings. The molecule has 0 aromatic carbocycles. The Labute approximate surface area is 129 Å². The first-order valence-electron chi connectivity index (χ1n) is 7.13. The Kier molecular flexibility index (Phi) is 3.83. The van der Waals surface area contributed by atoms with Crippen LogP contribution < -0.4 is 4.74 Å². The van der Waals surface area contributed by atoms with Crippen LogP contribution in [0.25, 0.3) is 11.4 Å². The fraction of sp³-hybridized carbons (Fsp3) is 0.167. The summed E-state index contributed by atoms with van der Waals surface area (Å²) in [5.41, 5.74) is 4.51. The van der Waals surface area contributed by atoms with Gasteiger partial charge < -0.3 is 4.74 Å². The monoisotopic (exact) mass is 291 g/mol. The van der Waals surface area contributed by atoms with E-state index in [1.807, 2.05) is 57.2 Å². The first-order chi connectivity index (χ1) is 10.6. The number of nitrogens with zero attached hydrogens (tertiary/aromatic N) is 3. The summed E-state index contributed by atoms with van der Waals surface area (Å²) in [4.78, 5) is 13.2. The van der Waals surface area contributed by atoms with Crippen LogP contribution in [-0.4, -0.2) is 15.0 Å². The van der Waals surface area contributed by atoms with Crippen molar-refractivity contribution in [3.8, 4) is 22.9 Å². The normalized spacial score (nSPS) is 10.5. The number of rotatable bonds is 3. The van der Waals surface area contributed by atoms with Crippen LogP contribution in [-0.2, 0) is 0 Å². The van der Waals surface area contributed by atoms with Crippen molar-refractivity contribution < 1.29 is 4.74 Å². The average molecular weight is 291 g/mol. The highest BCUT2D eigenvalue weighted by Crippen LogP contribution is 2.32. The maximum absolute atomic E-state index is 6.04. The fourth-order valence-electron chi connectivity index (χ4n) is 2.15. The van der Waals surface area contributed by atoms with E-state index in [9.17, 15) is 0 Å². The SMILES string of the molecule is Cc1cc(Oc2cc(C)c(C)nc2-c2ccccn2)ccn1. The molecule has 110 valence electrons. The zero-order valence-corrected chi connectivity index (χ0v) is 12.9. The molecule has 3 aromatic heterocycles. The number of aryl methyl sites for hydroxylation is 3. The van der Waals surface area contributed by atoms with Crippen molar-refractivity contribution in [2.75, 3.05) is 0 Å². The molecule has 0 aliphatic carbocycles.